The minimum Gasteiger partial charge on any atom is -0.490 e. The Labute approximate surface area is 222 Å². The number of carbonyl (C=O) groups excluding carboxylic acids is 2. The number of thioether (sulfide) groups is 1. The molecule has 0 bridgehead atoms. The molecular formula is C24H24BrClN2O4S2. The molecule has 6 nitrogen and oxygen atoms in total. The van der Waals surface area contributed by atoms with Crippen LogP contribution in [0.3, 0.4) is 0 Å². The molecule has 1 N–H and O–H groups in total. The van der Waals surface area contributed by atoms with Crippen molar-refractivity contribution < 1.29 is 19.1 Å². The number of unbranched alkanes of at least 4 members (excludes halogenated alkanes) is 2. The van der Waals surface area contributed by atoms with E-state index in [9.17, 15) is 9.59 Å². The van der Waals surface area contributed by atoms with Crippen LogP contribution >= 0.6 is 51.5 Å². The molecule has 2 amide bonds. The van der Waals surface area contributed by atoms with E-state index in [-0.39, 0.29) is 4.32 Å². The zero-order valence-corrected chi connectivity index (χ0v) is 22.7. The van der Waals surface area contributed by atoms with E-state index >= 15 is 0 Å². The maximum atomic E-state index is 13.0. The molecule has 0 saturated carbocycles. The number of thiocarbonyl (C=S) groups is 1. The summed E-state index contributed by atoms with van der Waals surface area (Å²) in [4.78, 5) is 25.9. The standard InChI is InChI=1S/C24H24BrClN2O4S2/c1-3-5-6-11-32-21-18(25)12-15(13-19(21)31-4-2)14-20-23(30)28(24(33)34-20)27-22(29)16-7-9-17(26)10-8-16/h7-10,12-14H,3-6,11H2,1-2H3,(H,27,29)/b20-14-. The molecule has 0 aromatic heterocycles. The summed E-state index contributed by atoms with van der Waals surface area (Å²) in [5, 5.41) is 1.59. The van der Waals surface area contributed by atoms with E-state index in [2.05, 4.69) is 28.3 Å². The van der Waals surface area contributed by atoms with Gasteiger partial charge in [0.15, 0.2) is 15.8 Å². The van der Waals surface area contributed by atoms with Gasteiger partial charge in [0.1, 0.15) is 0 Å². The molecule has 0 aliphatic carbocycles. The Hall–Kier alpha value is -2.07. The molecule has 1 fully saturated rings. The fraction of sp³-hybridized carbons (Fsp3) is 0.292. The zero-order valence-electron chi connectivity index (χ0n) is 18.7. The Morgan fingerprint density at radius 1 is 1.21 bits per heavy atom. The van der Waals surface area contributed by atoms with E-state index in [1.165, 1.54) is 0 Å². The molecule has 1 heterocycles. The molecule has 180 valence electrons. The van der Waals surface area contributed by atoms with Crippen LogP contribution in [0.2, 0.25) is 5.02 Å². The van der Waals surface area contributed by atoms with Crippen molar-refractivity contribution in [1.29, 1.82) is 0 Å². The predicted octanol–water partition coefficient (Wildman–Crippen LogP) is 6.62. The highest BCUT2D eigenvalue weighted by molar-refractivity contribution is 9.10. The third kappa shape index (κ3) is 6.75. The van der Waals surface area contributed by atoms with Crippen molar-refractivity contribution in [3.05, 3.63) is 61.9 Å². The first-order chi connectivity index (χ1) is 16.3. The SMILES string of the molecule is CCCCCOc1c(Br)cc(/C=C2\SC(=S)N(NC(=O)c3ccc(Cl)cc3)C2=O)cc1OCC. The third-order valence-corrected chi connectivity index (χ3v) is 6.88. The second kappa shape index (κ2) is 12.6. The average Bonchev–Trinajstić information content (AvgIpc) is 3.06. The molecule has 1 aliphatic heterocycles. The molecule has 0 spiro atoms. The first-order valence-corrected chi connectivity index (χ1v) is 13.2. The van der Waals surface area contributed by atoms with Crippen molar-refractivity contribution in [2.75, 3.05) is 13.2 Å². The number of halogens is 2. The molecule has 1 aliphatic rings. The van der Waals surface area contributed by atoms with Crippen LogP contribution in [0.1, 0.15) is 49.0 Å². The van der Waals surface area contributed by atoms with Gasteiger partial charge in [-0.2, -0.15) is 5.01 Å². The summed E-state index contributed by atoms with van der Waals surface area (Å²) in [6.45, 7) is 5.11. The molecule has 34 heavy (non-hydrogen) atoms. The van der Waals surface area contributed by atoms with E-state index < -0.39 is 11.8 Å². The smallest absolute Gasteiger partial charge is 0.285 e. The Balaban J connectivity index is 1.78. The number of amides is 2. The summed E-state index contributed by atoms with van der Waals surface area (Å²) < 4.78 is 12.7. The van der Waals surface area contributed by atoms with Crippen molar-refractivity contribution in [3.8, 4) is 11.5 Å². The van der Waals surface area contributed by atoms with Crippen LogP contribution in [0.4, 0.5) is 0 Å². The number of nitrogens with zero attached hydrogens (tertiary/aromatic N) is 1. The molecule has 10 heteroatoms. The van der Waals surface area contributed by atoms with E-state index in [1.54, 1.807) is 30.3 Å². The van der Waals surface area contributed by atoms with E-state index in [1.807, 2.05) is 19.1 Å². The minimum atomic E-state index is -0.458. The lowest BCUT2D eigenvalue weighted by Gasteiger charge is -2.16. The quantitative estimate of drug-likeness (QED) is 0.193. The molecular weight excluding hydrogens is 560 g/mol. The highest BCUT2D eigenvalue weighted by Crippen LogP contribution is 2.39. The lowest BCUT2D eigenvalue weighted by molar-refractivity contribution is -0.123. The molecule has 3 rings (SSSR count). The molecule has 2 aromatic carbocycles. The van der Waals surface area contributed by atoms with Gasteiger partial charge in [-0.25, -0.2) is 0 Å². The van der Waals surface area contributed by atoms with Crippen molar-refractivity contribution in [1.82, 2.24) is 10.4 Å². The van der Waals surface area contributed by atoms with Gasteiger partial charge in [-0.1, -0.05) is 43.1 Å². The highest BCUT2D eigenvalue weighted by Gasteiger charge is 2.34. The fourth-order valence-electron chi connectivity index (χ4n) is 3.08. The lowest BCUT2D eigenvalue weighted by Crippen LogP contribution is -2.44. The third-order valence-electron chi connectivity index (χ3n) is 4.74. The van der Waals surface area contributed by atoms with Gasteiger partial charge in [0, 0.05) is 10.6 Å². The predicted molar refractivity (Wildman–Crippen MR) is 144 cm³/mol. The minimum absolute atomic E-state index is 0.235. The number of hydrazine groups is 1. The Morgan fingerprint density at radius 3 is 2.62 bits per heavy atom. The second-order valence-electron chi connectivity index (χ2n) is 7.28. The summed E-state index contributed by atoms with van der Waals surface area (Å²) in [7, 11) is 0. The molecule has 0 atom stereocenters. The van der Waals surface area contributed by atoms with Gasteiger partial charge in [-0.05, 0) is 89.5 Å². The van der Waals surface area contributed by atoms with Gasteiger partial charge >= 0.3 is 0 Å². The summed E-state index contributed by atoms with van der Waals surface area (Å²) in [6, 6.07) is 10.0. The van der Waals surface area contributed by atoms with Crippen LogP contribution in [0.15, 0.2) is 45.8 Å². The van der Waals surface area contributed by atoms with Gasteiger partial charge in [0.05, 0.1) is 22.6 Å². The highest BCUT2D eigenvalue weighted by atomic mass is 79.9. The largest absolute Gasteiger partial charge is 0.490 e. The van der Waals surface area contributed by atoms with Crippen LogP contribution in [0.5, 0.6) is 11.5 Å². The van der Waals surface area contributed by atoms with Gasteiger partial charge in [0.25, 0.3) is 11.8 Å². The number of ether oxygens (including phenoxy) is 2. The van der Waals surface area contributed by atoms with Crippen molar-refractivity contribution in [2.45, 2.75) is 33.1 Å². The van der Waals surface area contributed by atoms with Crippen LogP contribution in [0, 0.1) is 0 Å². The Morgan fingerprint density at radius 2 is 1.94 bits per heavy atom. The summed E-state index contributed by atoms with van der Waals surface area (Å²) in [5.74, 6) is 0.357. The normalized spacial score (nSPS) is 14.6. The van der Waals surface area contributed by atoms with Gasteiger partial charge in [0.2, 0.25) is 0 Å². The summed E-state index contributed by atoms with van der Waals surface area (Å²) >= 11 is 15.9. The average molecular weight is 584 g/mol. The van der Waals surface area contributed by atoms with Gasteiger partial charge in [-0.3, -0.25) is 15.0 Å². The molecule has 0 radical (unpaired) electrons. The van der Waals surface area contributed by atoms with Crippen molar-refractivity contribution in [2.24, 2.45) is 0 Å². The van der Waals surface area contributed by atoms with Crippen LogP contribution in [0.25, 0.3) is 6.08 Å². The Bertz CT molecular complexity index is 1110. The zero-order chi connectivity index (χ0) is 24.7. The van der Waals surface area contributed by atoms with E-state index in [0.717, 1.165) is 46.1 Å². The maximum absolute atomic E-state index is 13.0. The van der Waals surface area contributed by atoms with Crippen LogP contribution in [-0.2, 0) is 4.79 Å². The number of benzene rings is 2. The van der Waals surface area contributed by atoms with Crippen molar-refractivity contribution >= 4 is 73.7 Å². The van der Waals surface area contributed by atoms with Gasteiger partial charge in [-0.15, -0.1) is 0 Å². The summed E-state index contributed by atoms with van der Waals surface area (Å²) in [5.41, 5.74) is 3.66. The fourth-order valence-corrected chi connectivity index (χ4v) is 4.96. The van der Waals surface area contributed by atoms with E-state index in [0.29, 0.717) is 40.2 Å². The molecule has 2 aromatic rings. The first-order valence-electron chi connectivity index (χ1n) is 10.8. The number of hydrogen-bond donors (Lipinski definition) is 1. The topological polar surface area (TPSA) is 67.9 Å². The van der Waals surface area contributed by atoms with E-state index in [4.69, 9.17) is 33.3 Å². The Kier molecular flexibility index (Phi) is 9.82. The molecule has 0 unspecified atom stereocenters. The maximum Gasteiger partial charge on any atom is 0.285 e. The second-order valence-corrected chi connectivity index (χ2v) is 10.3. The van der Waals surface area contributed by atoms with Crippen molar-refractivity contribution in [3.63, 3.8) is 0 Å². The number of rotatable bonds is 10. The summed E-state index contributed by atoms with van der Waals surface area (Å²) in [6.07, 6.45) is 4.87. The molecule has 1 saturated heterocycles. The number of hydrogen-bond acceptors (Lipinski definition) is 6. The number of carbonyl (C=O) groups is 2. The van der Waals surface area contributed by atoms with Crippen LogP contribution < -0.4 is 14.9 Å². The first kappa shape index (κ1) is 26.5. The van der Waals surface area contributed by atoms with Crippen LogP contribution in [-0.4, -0.2) is 34.4 Å². The monoisotopic (exact) mass is 582 g/mol. The van der Waals surface area contributed by atoms with Gasteiger partial charge < -0.3 is 9.47 Å². The lowest BCUT2D eigenvalue weighted by atomic mass is 10.2. The number of nitrogens with one attached hydrogen (secondary N) is 1.